The van der Waals surface area contributed by atoms with Gasteiger partial charge in [0.05, 0.1) is 11.1 Å². The van der Waals surface area contributed by atoms with E-state index >= 15 is 0 Å². The SMILES string of the molecule is Cc1sc(C)c2c1COc1cc(C#N)c(C#N)cc1OC2. The van der Waals surface area contributed by atoms with Crippen LogP contribution in [-0.2, 0) is 13.2 Å². The molecule has 3 rings (SSSR count). The summed E-state index contributed by atoms with van der Waals surface area (Å²) in [4.78, 5) is 2.45. The van der Waals surface area contributed by atoms with Gasteiger partial charge in [-0.1, -0.05) is 0 Å². The number of hydrogen-bond donors (Lipinski definition) is 0. The molecule has 0 unspecified atom stereocenters. The topological polar surface area (TPSA) is 66.0 Å². The highest BCUT2D eigenvalue weighted by Crippen LogP contribution is 2.37. The zero-order valence-electron chi connectivity index (χ0n) is 11.7. The molecule has 0 aliphatic carbocycles. The standard InChI is InChI=1S/C16H12N2O2S/c1-9-13-7-19-15-3-11(5-17)12(6-18)4-16(15)20-8-14(13)10(2)21-9/h3-4H,7-8H2,1-2H3. The maximum atomic E-state index is 9.09. The Bertz CT molecular complexity index is 744. The summed E-state index contributed by atoms with van der Waals surface area (Å²) in [6, 6.07) is 7.18. The normalized spacial score (nSPS) is 12.6. The highest BCUT2D eigenvalue weighted by molar-refractivity contribution is 7.12. The molecule has 0 saturated carbocycles. The van der Waals surface area contributed by atoms with Crippen molar-refractivity contribution in [2.45, 2.75) is 27.1 Å². The second-order valence-electron chi connectivity index (χ2n) is 4.82. The van der Waals surface area contributed by atoms with Crippen LogP contribution in [0.4, 0.5) is 0 Å². The van der Waals surface area contributed by atoms with Crippen molar-refractivity contribution in [3.63, 3.8) is 0 Å². The number of aryl methyl sites for hydroxylation is 2. The van der Waals surface area contributed by atoms with Crippen LogP contribution in [0, 0.1) is 36.5 Å². The molecule has 5 heteroatoms. The summed E-state index contributed by atoms with van der Waals surface area (Å²) < 4.78 is 11.6. The molecular weight excluding hydrogens is 284 g/mol. The Labute approximate surface area is 126 Å². The second-order valence-corrected chi connectivity index (χ2v) is 6.25. The largest absolute Gasteiger partial charge is 0.485 e. The van der Waals surface area contributed by atoms with E-state index in [-0.39, 0.29) is 0 Å². The summed E-state index contributed by atoms with van der Waals surface area (Å²) in [5.41, 5.74) is 2.93. The van der Waals surface area contributed by atoms with Crippen LogP contribution in [0.3, 0.4) is 0 Å². The molecule has 1 aliphatic rings. The first-order chi connectivity index (χ1) is 10.1. The molecule has 0 radical (unpaired) electrons. The minimum Gasteiger partial charge on any atom is -0.485 e. The summed E-state index contributed by atoms with van der Waals surface area (Å²) in [7, 11) is 0. The molecule has 21 heavy (non-hydrogen) atoms. The van der Waals surface area contributed by atoms with Gasteiger partial charge in [-0.2, -0.15) is 10.5 Å². The van der Waals surface area contributed by atoms with Crippen LogP contribution in [0.1, 0.15) is 32.0 Å². The second kappa shape index (κ2) is 5.12. The molecule has 0 bridgehead atoms. The number of nitriles is 2. The Hall–Kier alpha value is -2.50. The van der Waals surface area contributed by atoms with Crippen molar-refractivity contribution in [1.82, 2.24) is 0 Å². The highest BCUT2D eigenvalue weighted by atomic mass is 32.1. The average molecular weight is 296 g/mol. The zero-order valence-corrected chi connectivity index (χ0v) is 12.5. The number of nitrogens with zero attached hydrogens (tertiary/aromatic N) is 2. The van der Waals surface area contributed by atoms with Gasteiger partial charge in [-0.3, -0.25) is 0 Å². The van der Waals surface area contributed by atoms with E-state index < -0.39 is 0 Å². The van der Waals surface area contributed by atoms with E-state index in [2.05, 4.69) is 13.8 Å². The van der Waals surface area contributed by atoms with Gasteiger partial charge in [-0.15, -0.1) is 11.3 Å². The number of rotatable bonds is 0. The van der Waals surface area contributed by atoms with Crippen molar-refractivity contribution < 1.29 is 9.47 Å². The van der Waals surface area contributed by atoms with Crippen molar-refractivity contribution in [3.8, 4) is 23.6 Å². The molecule has 0 amide bonds. The van der Waals surface area contributed by atoms with Crippen LogP contribution >= 0.6 is 11.3 Å². The number of benzene rings is 1. The third-order valence-electron chi connectivity index (χ3n) is 3.59. The first kappa shape index (κ1) is 13.5. The van der Waals surface area contributed by atoms with Crippen molar-refractivity contribution in [2.24, 2.45) is 0 Å². The Morgan fingerprint density at radius 1 is 0.905 bits per heavy atom. The minimum atomic E-state index is 0.305. The van der Waals surface area contributed by atoms with Crippen molar-refractivity contribution in [3.05, 3.63) is 44.1 Å². The maximum absolute atomic E-state index is 9.09. The van der Waals surface area contributed by atoms with Crippen LogP contribution in [-0.4, -0.2) is 0 Å². The van der Waals surface area contributed by atoms with E-state index in [1.807, 2.05) is 12.1 Å². The molecule has 0 atom stereocenters. The van der Waals surface area contributed by atoms with Gasteiger partial charge >= 0.3 is 0 Å². The van der Waals surface area contributed by atoms with E-state index in [0.717, 1.165) is 11.1 Å². The van der Waals surface area contributed by atoms with Gasteiger partial charge in [0.2, 0.25) is 0 Å². The van der Waals surface area contributed by atoms with Gasteiger partial charge in [-0.05, 0) is 13.8 Å². The average Bonchev–Trinajstić information content (AvgIpc) is 2.72. The maximum Gasteiger partial charge on any atom is 0.163 e. The quantitative estimate of drug-likeness (QED) is 0.745. The van der Waals surface area contributed by atoms with Crippen LogP contribution in [0.25, 0.3) is 0 Å². The molecule has 0 N–H and O–H groups in total. The lowest BCUT2D eigenvalue weighted by atomic mass is 10.1. The predicted molar refractivity (Wildman–Crippen MR) is 78.3 cm³/mol. The minimum absolute atomic E-state index is 0.305. The number of hydrogen-bond acceptors (Lipinski definition) is 5. The first-order valence-corrected chi connectivity index (χ1v) is 7.27. The van der Waals surface area contributed by atoms with Crippen LogP contribution in [0.2, 0.25) is 0 Å². The molecule has 2 aromatic rings. The molecule has 0 fully saturated rings. The van der Waals surface area contributed by atoms with E-state index in [1.165, 1.54) is 9.75 Å². The van der Waals surface area contributed by atoms with Crippen molar-refractivity contribution in [2.75, 3.05) is 0 Å². The van der Waals surface area contributed by atoms with Gasteiger partial charge in [0.15, 0.2) is 11.5 Å². The van der Waals surface area contributed by atoms with Crippen molar-refractivity contribution >= 4 is 11.3 Å². The lowest BCUT2D eigenvalue weighted by Crippen LogP contribution is -2.09. The molecule has 2 heterocycles. The summed E-state index contributed by atoms with van der Waals surface area (Å²) in [6.45, 7) is 5.06. The van der Waals surface area contributed by atoms with Crippen LogP contribution in [0.15, 0.2) is 12.1 Å². The Kier molecular flexibility index (Phi) is 3.29. The van der Waals surface area contributed by atoms with Crippen LogP contribution < -0.4 is 9.47 Å². The molecule has 1 aromatic heterocycles. The fourth-order valence-electron chi connectivity index (χ4n) is 2.43. The number of thiophene rings is 1. The van der Waals surface area contributed by atoms with E-state index in [4.69, 9.17) is 20.0 Å². The van der Waals surface area contributed by atoms with E-state index in [0.29, 0.717) is 35.8 Å². The summed E-state index contributed by atoms with van der Waals surface area (Å²) in [6.07, 6.45) is 0. The molecule has 1 aliphatic heterocycles. The molecular formula is C16H12N2O2S. The molecule has 0 spiro atoms. The highest BCUT2D eigenvalue weighted by Gasteiger charge is 2.20. The smallest absolute Gasteiger partial charge is 0.163 e. The Morgan fingerprint density at radius 3 is 1.71 bits per heavy atom. The predicted octanol–water partition coefficient (Wildman–Crippen LogP) is 3.58. The van der Waals surface area contributed by atoms with E-state index in [1.54, 1.807) is 23.5 Å². The van der Waals surface area contributed by atoms with Gasteiger partial charge in [0.25, 0.3) is 0 Å². The van der Waals surface area contributed by atoms with E-state index in [9.17, 15) is 0 Å². The monoisotopic (exact) mass is 296 g/mol. The van der Waals surface area contributed by atoms with Gasteiger partial charge < -0.3 is 9.47 Å². The third-order valence-corrected chi connectivity index (χ3v) is 4.69. The summed E-state index contributed by atoms with van der Waals surface area (Å²) in [5.74, 6) is 1.03. The van der Waals surface area contributed by atoms with Gasteiger partial charge in [0, 0.05) is 33.0 Å². The molecule has 4 nitrogen and oxygen atoms in total. The van der Waals surface area contributed by atoms with Gasteiger partial charge in [-0.25, -0.2) is 0 Å². The Balaban J connectivity index is 2.05. The summed E-state index contributed by atoms with van der Waals surface area (Å²) in [5, 5.41) is 18.2. The van der Waals surface area contributed by atoms with Crippen LogP contribution in [0.5, 0.6) is 11.5 Å². The lowest BCUT2D eigenvalue weighted by molar-refractivity contribution is 0.237. The van der Waals surface area contributed by atoms with Gasteiger partial charge in [0.1, 0.15) is 25.4 Å². The lowest BCUT2D eigenvalue weighted by Gasteiger charge is -2.18. The zero-order chi connectivity index (χ0) is 15.0. The fraction of sp³-hybridized carbons (Fsp3) is 0.250. The Morgan fingerprint density at radius 2 is 1.33 bits per heavy atom. The molecule has 1 aromatic carbocycles. The number of fused-ring (bicyclic) bond motifs is 2. The molecule has 0 saturated heterocycles. The third kappa shape index (κ3) is 2.22. The molecule has 104 valence electrons. The summed E-state index contributed by atoms with van der Waals surface area (Å²) >= 11 is 1.73. The first-order valence-electron chi connectivity index (χ1n) is 6.45. The van der Waals surface area contributed by atoms with Crippen molar-refractivity contribution in [1.29, 1.82) is 10.5 Å². The fourth-order valence-corrected chi connectivity index (χ4v) is 3.50. The number of ether oxygens (including phenoxy) is 2.